The van der Waals surface area contributed by atoms with Gasteiger partial charge in [0.15, 0.2) is 5.96 Å². The minimum Gasteiger partial charge on any atom is -0.357 e. The quantitative estimate of drug-likeness (QED) is 0.352. The van der Waals surface area contributed by atoms with Crippen LogP contribution in [-0.4, -0.2) is 42.4 Å². The van der Waals surface area contributed by atoms with E-state index in [1.165, 1.54) is 25.7 Å². The number of halogens is 1. The van der Waals surface area contributed by atoms with Gasteiger partial charge < -0.3 is 15.5 Å². The first-order chi connectivity index (χ1) is 13.0. The molecule has 1 aromatic rings. The van der Waals surface area contributed by atoms with E-state index >= 15 is 0 Å². The molecular formula is C22H35IN4O. The van der Waals surface area contributed by atoms with Crippen molar-refractivity contribution in [3.05, 3.63) is 35.4 Å². The topological polar surface area (TPSA) is 56.7 Å². The summed E-state index contributed by atoms with van der Waals surface area (Å²) in [6.45, 7) is 10.00. The lowest BCUT2D eigenvalue weighted by Gasteiger charge is -2.38. The zero-order valence-corrected chi connectivity index (χ0v) is 19.8. The highest BCUT2D eigenvalue weighted by Gasteiger charge is 2.43. The van der Waals surface area contributed by atoms with E-state index in [1.807, 2.05) is 31.2 Å². The van der Waals surface area contributed by atoms with Crippen LogP contribution in [0.1, 0.15) is 68.8 Å². The molecule has 0 bridgehead atoms. The largest absolute Gasteiger partial charge is 0.357 e. The van der Waals surface area contributed by atoms with Gasteiger partial charge >= 0.3 is 0 Å². The summed E-state index contributed by atoms with van der Waals surface area (Å²) in [5, 5.41) is 6.46. The van der Waals surface area contributed by atoms with Crippen LogP contribution in [0, 0.1) is 5.41 Å². The van der Waals surface area contributed by atoms with Crippen molar-refractivity contribution in [3.63, 3.8) is 0 Å². The molecular weight excluding hydrogens is 463 g/mol. The van der Waals surface area contributed by atoms with Crippen molar-refractivity contribution in [1.29, 1.82) is 0 Å². The molecule has 1 unspecified atom stereocenters. The van der Waals surface area contributed by atoms with Crippen LogP contribution in [0.3, 0.4) is 0 Å². The van der Waals surface area contributed by atoms with Crippen LogP contribution in [0.5, 0.6) is 0 Å². The first-order valence-electron chi connectivity index (χ1n) is 10.5. The van der Waals surface area contributed by atoms with Gasteiger partial charge in [-0.2, -0.15) is 0 Å². The lowest BCUT2D eigenvalue weighted by molar-refractivity contribution is 0.0939. The van der Waals surface area contributed by atoms with Gasteiger partial charge in [0, 0.05) is 31.2 Å². The number of rotatable bonds is 6. The lowest BCUT2D eigenvalue weighted by Crippen LogP contribution is -2.42. The number of benzene rings is 1. The minimum absolute atomic E-state index is 0. The van der Waals surface area contributed by atoms with Gasteiger partial charge in [-0.1, -0.05) is 25.5 Å². The molecule has 3 rings (SSSR count). The maximum Gasteiger partial charge on any atom is 0.251 e. The van der Waals surface area contributed by atoms with Crippen LogP contribution in [0.15, 0.2) is 29.3 Å². The van der Waals surface area contributed by atoms with E-state index in [0.717, 1.165) is 37.6 Å². The molecule has 1 amide bonds. The molecule has 2 N–H and O–H groups in total. The molecule has 0 radical (unpaired) electrons. The van der Waals surface area contributed by atoms with Gasteiger partial charge in [-0.05, 0) is 62.6 Å². The summed E-state index contributed by atoms with van der Waals surface area (Å²) in [4.78, 5) is 19.5. The van der Waals surface area contributed by atoms with Crippen molar-refractivity contribution in [2.24, 2.45) is 10.4 Å². The zero-order chi connectivity index (χ0) is 19.3. The molecule has 156 valence electrons. The van der Waals surface area contributed by atoms with E-state index in [2.05, 4.69) is 29.4 Å². The summed E-state index contributed by atoms with van der Waals surface area (Å²) in [5.74, 6) is 1.02. The van der Waals surface area contributed by atoms with Gasteiger partial charge in [0.25, 0.3) is 5.91 Å². The average Bonchev–Trinajstić information content (AvgIpc) is 3.11. The van der Waals surface area contributed by atoms with Crippen molar-refractivity contribution in [1.82, 2.24) is 15.5 Å². The smallest absolute Gasteiger partial charge is 0.251 e. The number of carbonyl (C=O) groups excluding carboxylic acids is 1. The normalized spacial score (nSPS) is 19.0. The van der Waals surface area contributed by atoms with Gasteiger partial charge in [0.05, 0.1) is 6.54 Å². The summed E-state index contributed by atoms with van der Waals surface area (Å²) < 4.78 is 0. The second kappa shape index (κ2) is 10.5. The molecule has 0 aromatic heterocycles. The predicted molar refractivity (Wildman–Crippen MR) is 126 cm³/mol. The maximum absolute atomic E-state index is 12.2. The number of amides is 1. The molecule has 5 nitrogen and oxygen atoms in total. The molecule has 2 fully saturated rings. The predicted octanol–water partition coefficient (Wildman–Crippen LogP) is 4.17. The number of likely N-dealkylation sites (tertiary alicyclic amines) is 1. The zero-order valence-electron chi connectivity index (χ0n) is 17.5. The highest BCUT2D eigenvalue weighted by atomic mass is 127. The van der Waals surface area contributed by atoms with Gasteiger partial charge in [0.1, 0.15) is 0 Å². The fourth-order valence-corrected chi connectivity index (χ4v) is 3.96. The van der Waals surface area contributed by atoms with Gasteiger partial charge in [-0.3, -0.25) is 4.79 Å². The number of guanidine groups is 1. The van der Waals surface area contributed by atoms with Crippen LogP contribution in [0.2, 0.25) is 0 Å². The summed E-state index contributed by atoms with van der Waals surface area (Å²) >= 11 is 0. The van der Waals surface area contributed by atoms with Crippen LogP contribution in [-0.2, 0) is 6.54 Å². The Morgan fingerprint density at radius 1 is 1.21 bits per heavy atom. The molecule has 28 heavy (non-hydrogen) atoms. The number of carbonyl (C=O) groups is 1. The van der Waals surface area contributed by atoms with Crippen molar-refractivity contribution in [3.8, 4) is 0 Å². The molecule has 1 aliphatic carbocycles. The Hall–Kier alpha value is -1.31. The Morgan fingerprint density at radius 3 is 2.46 bits per heavy atom. The molecule has 1 saturated heterocycles. The number of nitrogens with one attached hydrogen (secondary N) is 2. The molecule has 1 saturated carbocycles. The molecule has 1 atom stereocenters. The molecule has 1 spiro atoms. The number of nitrogens with zero attached hydrogens (tertiary/aromatic N) is 2. The fourth-order valence-electron chi connectivity index (χ4n) is 3.96. The second-order valence-corrected chi connectivity index (χ2v) is 8.17. The maximum atomic E-state index is 12.2. The number of hydrogen-bond donors (Lipinski definition) is 2. The SMILES string of the molecule is CCNC(=NCc1ccc(C(=O)NC(C)CC)cc1)N1CCC2(CCC2)C1.I. The molecule has 1 aliphatic heterocycles. The van der Waals surface area contributed by atoms with Crippen molar-refractivity contribution < 1.29 is 4.79 Å². The van der Waals surface area contributed by atoms with Gasteiger partial charge in [-0.25, -0.2) is 4.99 Å². The summed E-state index contributed by atoms with van der Waals surface area (Å²) in [7, 11) is 0. The van der Waals surface area contributed by atoms with Crippen molar-refractivity contribution in [2.75, 3.05) is 19.6 Å². The molecule has 2 aliphatic rings. The third-order valence-electron chi connectivity index (χ3n) is 6.10. The van der Waals surface area contributed by atoms with E-state index in [9.17, 15) is 4.79 Å². The van der Waals surface area contributed by atoms with E-state index in [0.29, 0.717) is 17.5 Å². The monoisotopic (exact) mass is 498 g/mol. The highest BCUT2D eigenvalue weighted by Crippen LogP contribution is 2.47. The summed E-state index contributed by atoms with van der Waals surface area (Å²) in [6.07, 6.45) is 6.38. The van der Waals surface area contributed by atoms with E-state index < -0.39 is 0 Å². The standard InChI is InChI=1S/C22H34N4O.HI/c1-4-17(3)25-20(27)19-9-7-18(8-10-19)15-24-21(23-5-2)26-14-13-22(16-26)11-6-12-22;/h7-10,17H,4-6,11-16H2,1-3H3,(H,23,24)(H,25,27);1H. The van der Waals surface area contributed by atoms with Crippen LogP contribution in [0.4, 0.5) is 0 Å². The number of aliphatic imine (C=N–C) groups is 1. The molecule has 6 heteroatoms. The highest BCUT2D eigenvalue weighted by molar-refractivity contribution is 14.0. The van der Waals surface area contributed by atoms with E-state index in [-0.39, 0.29) is 35.9 Å². The Balaban J connectivity index is 0.00000280. The third-order valence-corrected chi connectivity index (χ3v) is 6.10. The Morgan fingerprint density at radius 2 is 1.93 bits per heavy atom. The van der Waals surface area contributed by atoms with E-state index in [4.69, 9.17) is 4.99 Å². The Bertz CT molecular complexity index is 670. The van der Waals surface area contributed by atoms with Crippen LogP contribution in [0.25, 0.3) is 0 Å². The van der Waals surface area contributed by atoms with Crippen LogP contribution >= 0.6 is 24.0 Å². The average molecular weight is 498 g/mol. The molecule has 1 aromatic carbocycles. The Kier molecular flexibility index (Phi) is 8.58. The molecule has 1 heterocycles. The first-order valence-corrected chi connectivity index (χ1v) is 10.5. The van der Waals surface area contributed by atoms with Gasteiger partial charge in [-0.15, -0.1) is 24.0 Å². The van der Waals surface area contributed by atoms with Gasteiger partial charge in [0.2, 0.25) is 0 Å². The van der Waals surface area contributed by atoms with Crippen molar-refractivity contribution in [2.45, 2.75) is 65.5 Å². The Labute approximate surface area is 186 Å². The third kappa shape index (κ3) is 5.61. The van der Waals surface area contributed by atoms with Crippen LogP contribution < -0.4 is 10.6 Å². The van der Waals surface area contributed by atoms with E-state index in [1.54, 1.807) is 0 Å². The summed E-state index contributed by atoms with van der Waals surface area (Å²) in [5.41, 5.74) is 2.41. The second-order valence-electron chi connectivity index (χ2n) is 8.17. The minimum atomic E-state index is -0.00407. The van der Waals surface area contributed by atoms with Crippen molar-refractivity contribution >= 4 is 35.8 Å². The summed E-state index contributed by atoms with van der Waals surface area (Å²) in [6, 6.07) is 8.01. The lowest BCUT2D eigenvalue weighted by atomic mass is 9.68. The first kappa shape index (κ1) is 23.0. The number of hydrogen-bond acceptors (Lipinski definition) is 2. The fraction of sp³-hybridized carbons (Fsp3) is 0.636.